The maximum absolute atomic E-state index is 14.5. The van der Waals surface area contributed by atoms with Gasteiger partial charge in [-0.2, -0.15) is 0 Å². The van der Waals surface area contributed by atoms with Gasteiger partial charge in [0.15, 0.2) is 23.5 Å². The molecule has 0 unspecified atom stereocenters. The fraction of sp³-hybridized carbons (Fsp3) is 0.474. The molecule has 1 fully saturated rings. The maximum atomic E-state index is 14.5. The second kappa shape index (κ2) is 10.1. The second-order valence-electron chi connectivity index (χ2n) is 7.32. The molecule has 13 heteroatoms. The van der Waals surface area contributed by atoms with Crippen molar-refractivity contribution in [3.63, 3.8) is 0 Å². The van der Waals surface area contributed by atoms with Crippen LogP contribution >= 0.6 is 12.2 Å². The zero-order chi connectivity index (χ0) is 23.3. The molecule has 0 saturated carbocycles. The van der Waals surface area contributed by atoms with E-state index in [0.717, 1.165) is 12.1 Å². The van der Waals surface area contributed by atoms with Crippen molar-refractivity contribution in [1.82, 2.24) is 25.6 Å². The van der Waals surface area contributed by atoms with E-state index in [9.17, 15) is 13.6 Å². The lowest BCUT2D eigenvalue weighted by Crippen LogP contribution is -2.39. The first-order valence-electron chi connectivity index (χ1n) is 9.74. The molecule has 0 spiro atoms. The van der Waals surface area contributed by atoms with Crippen LogP contribution in [-0.2, 0) is 25.5 Å². The molecule has 10 nitrogen and oxygen atoms in total. The molecule has 1 amide bonds. The van der Waals surface area contributed by atoms with Gasteiger partial charge in [-0.15, -0.1) is 5.10 Å². The largest absolute Gasteiger partial charge is 0.474 e. The van der Waals surface area contributed by atoms with E-state index in [2.05, 4.69) is 26.3 Å². The van der Waals surface area contributed by atoms with E-state index in [1.165, 1.54) is 18.0 Å². The van der Waals surface area contributed by atoms with Crippen LogP contribution in [0.2, 0.25) is 0 Å². The number of hydrogen-bond acceptors (Lipinski definition) is 8. The molecule has 1 aromatic carbocycles. The Morgan fingerprint density at radius 3 is 2.66 bits per heavy atom. The van der Waals surface area contributed by atoms with E-state index >= 15 is 0 Å². The SMILES string of the molecule is COC(=S)NCc1cn(-c2cc(F)c(NCCNC(=O)[C@H]3COC(C)(C)O3)c(F)c2)nn1. The third-order valence-electron chi connectivity index (χ3n) is 4.46. The van der Waals surface area contributed by atoms with Gasteiger partial charge in [0.05, 0.1) is 32.1 Å². The highest BCUT2D eigenvalue weighted by Gasteiger charge is 2.36. The average molecular weight is 471 g/mol. The highest BCUT2D eigenvalue weighted by atomic mass is 32.1. The Morgan fingerprint density at radius 1 is 1.31 bits per heavy atom. The van der Waals surface area contributed by atoms with E-state index in [-0.39, 0.29) is 48.7 Å². The van der Waals surface area contributed by atoms with Crippen molar-refractivity contribution < 1.29 is 27.8 Å². The first kappa shape index (κ1) is 23.8. The van der Waals surface area contributed by atoms with Gasteiger partial charge in [-0.1, -0.05) is 5.21 Å². The molecule has 1 aliphatic heterocycles. The van der Waals surface area contributed by atoms with E-state index in [1.54, 1.807) is 13.8 Å². The normalized spacial score (nSPS) is 17.1. The highest BCUT2D eigenvalue weighted by Crippen LogP contribution is 2.23. The van der Waals surface area contributed by atoms with Crippen LogP contribution in [0.15, 0.2) is 18.3 Å². The molecule has 32 heavy (non-hydrogen) atoms. The lowest BCUT2D eigenvalue weighted by molar-refractivity contribution is -0.153. The minimum atomic E-state index is -0.813. The van der Waals surface area contributed by atoms with Crippen LogP contribution in [0.3, 0.4) is 0 Å². The van der Waals surface area contributed by atoms with Gasteiger partial charge in [0.2, 0.25) is 0 Å². The summed E-state index contributed by atoms with van der Waals surface area (Å²) in [6, 6.07) is 2.25. The second-order valence-corrected chi connectivity index (χ2v) is 7.69. The monoisotopic (exact) mass is 470 g/mol. The van der Waals surface area contributed by atoms with E-state index in [1.807, 2.05) is 0 Å². The quantitative estimate of drug-likeness (QED) is 0.388. The number of rotatable bonds is 8. The first-order valence-corrected chi connectivity index (χ1v) is 10.1. The number of nitrogens with one attached hydrogen (secondary N) is 3. The molecule has 3 N–H and O–H groups in total. The van der Waals surface area contributed by atoms with Crippen LogP contribution in [0.4, 0.5) is 14.5 Å². The molecule has 1 aromatic heterocycles. The van der Waals surface area contributed by atoms with Gasteiger partial charge < -0.3 is 30.2 Å². The molecule has 1 saturated heterocycles. The standard InChI is InChI=1S/C19H24F2N6O4S/c1-19(2)30-10-15(31-19)17(28)23-5-4-22-16-13(20)6-12(7-14(16)21)27-9-11(25-26-27)8-24-18(32)29-3/h6-7,9,15,22H,4-5,8,10H2,1-3H3,(H,23,28)(H,24,32)/t15-/m1/s1. The van der Waals surface area contributed by atoms with Crippen LogP contribution < -0.4 is 16.0 Å². The summed E-state index contributed by atoms with van der Waals surface area (Å²) in [7, 11) is 1.43. The Labute approximate surface area is 188 Å². The number of anilines is 1. The average Bonchev–Trinajstić information content (AvgIpc) is 3.36. The fourth-order valence-corrected chi connectivity index (χ4v) is 2.98. The summed E-state index contributed by atoms with van der Waals surface area (Å²) in [6.45, 7) is 4.07. The minimum Gasteiger partial charge on any atom is -0.474 e. The third-order valence-corrected chi connectivity index (χ3v) is 4.77. The Hall–Kier alpha value is -2.90. The van der Waals surface area contributed by atoms with Crippen molar-refractivity contribution in [2.24, 2.45) is 0 Å². The molecule has 2 aromatic rings. The highest BCUT2D eigenvalue weighted by molar-refractivity contribution is 7.80. The molecule has 0 bridgehead atoms. The molecule has 2 heterocycles. The van der Waals surface area contributed by atoms with Crippen LogP contribution in [0, 0.1) is 11.6 Å². The van der Waals surface area contributed by atoms with Gasteiger partial charge in [0, 0.05) is 25.2 Å². The Balaban J connectivity index is 1.53. The van der Waals surface area contributed by atoms with Gasteiger partial charge in [-0.3, -0.25) is 4.79 Å². The molecule has 0 aliphatic carbocycles. The lowest BCUT2D eigenvalue weighted by Gasteiger charge is -2.17. The molecule has 174 valence electrons. The number of thiocarbonyl (C=S) groups is 1. The van der Waals surface area contributed by atoms with Crippen molar-refractivity contribution in [1.29, 1.82) is 0 Å². The topological polar surface area (TPSA) is 112 Å². The van der Waals surface area contributed by atoms with Crippen LogP contribution in [0.5, 0.6) is 0 Å². The van der Waals surface area contributed by atoms with Crippen molar-refractivity contribution in [2.45, 2.75) is 32.3 Å². The number of halogens is 2. The van der Waals surface area contributed by atoms with Crippen LogP contribution in [0.1, 0.15) is 19.5 Å². The number of benzene rings is 1. The summed E-state index contributed by atoms with van der Waals surface area (Å²) in [5, 5.41) is 16.0. The van der Waals surface area contributed by atoms with Crippen molar-refractivity contribution in [3.05, 3.63) is 35.7 Å². The summed E-state index contributed by atoms with van der Waals surface area (Å²) < 4.78 is 45.8. The van der Waals surface area contributed by atoms with E-state index < -0.39 is 23.5 Å². The first-order chi connectivity index (χ1) is 15.2. The molecular weight excluding hydrogens is 446 g/mol. The summed E-state index contributed by atoms with van der Waals surface area (Å²) in [5.41, 5.74) is 0.355. The fourth-order valence-electron chi connectivity index (χ4n) is 2.90. The summed E-state index contributed by atoms with van der Waals surface area (Å²) >= 11 is 4.87. The Bertz CT molecular complexity index is 963. The maximum Gasteiger partial charge on any atom is 0.256 e. The summed E-state index contributed by atoms with van der Waals surface area (Å²) in [4.78, 5) is 12.1. The van der Waals surface area contributed by atoms with Gasteiger partial charge in [0.1, 0.15) is 11.4 Å². The number of carbonyl (C=O) groups excluding carboxylic acids is 1. The zero-order valence-electron chi connectivity index (χ0n) is 17.8. The molecule has 1 atom stereocenters. The molecular formula is C19H24F2N6O4S. The lowest BCUT2D eigenvalue weighted by atomic mass is 10.2. The van der Waals surface area contributed by atoms with Crippen molar-refractivity contribution in [3.8, 4) is 5.69 Å². The number of carbonyl (C=O) groups is 1. The number of hydrogen-bond donors (Lipinski definition) is 3. The van der Waals surface area contributed by atoms with Gasteiger partial charge in [0.25, 0.3) is 11.1 Å². The predicted molar refractivity (Wildman–Crippen MR) is 114 cm³/mol. The van der Waals surface area contributed by atoms with Crippen LogP contribution in [0.25, 0.3) is 5.69 Å². The summed E-state index contributed by atoms with van der Waals surface area (Å²) in [6.07, 6.45) is 0.795. The third kappa shape index (κ3) is 6.08. The predicted octanol–water partition coefficient (Wildman–Crippen LogP) is 1.25. The zero-order valence-corrected chi connectivity index (χ0v) is 18.6. The van der Waals surface area contributed by atoms with E-state index in [0.29, 0.717) is 5.69 Å². The Kier molecular flexibility index (Phi) is 7.53. The minimum absolute atomic E-state index is 0.106. The van der Waals surface area contributed by atoms with Gasteiger partial charge in [-0.05, 0) is 26.1 Å². The number of amides is 1. The van der Waals surface area contributed by atoms with E-state index in [4.69, 9.17) is 26.4 Å². The Morgan fingerprint density at radius 2 is 2.03 bits per heavy atom. The molecule has 0 radical (unpaired) electrons. The van der Waals surface area contributed by atoms with Gasteiger partial charge in [-0.25, -0.2) is 13.5 Å². The number of aromatic nitrogens is 3. The number of methoxy groups -OCH3 is 1. The van der Waals surface area contributed by atoms with Crippen molar-refractivity contribution >= 4 is 29.0 Å². The number of nitrogens with zero attached hydrogens (tertiary/aromatic N) is 3. The number of ether oxygens (including phenoxy) is 3. The summed E-state index contributed by atoms with van der Waals surface area (Å²) in [5.74, 6) is -2.78. The molecule has 1 aliphatic rings. The molecule has 3 rings (SSSR count). The van der Waals surface area contributed by atoms with Crippen molar-refractivity contribution in [2.75, 3.05) is 32.1 Å². The van der Waals surface area contributed by atoms with Crippen LogP contribution in [-0.4, -0.2) is 64.8 Å². The van der Waals surface area contributed by atoms with Gasteiger partial charge >= 0.3 is 0 Å². The smallest absolute Gasteiger partial charge is 0.256 e.